The van der Waals surface area contributed by atoms with Crippen LogP contribution in [0.5, 0.6) is 0 Å². The van der Waals surface area contributed by atoms with E-state index in [9.17, 15) is 9.59 Å². The van der Waals surface area contributed by atoms with Gasteiger partial charge >= 0.3 is 11.9 Å². The molecule has 0 bridgehead atoms. The van der Waals surface area contributed by atoms with Crippen LogP contribution in [0.4, 0.5) is 0 Å². The first-order valence-corrected chi connectivity index (χ1v) is 4.43. The lowest BCUT2D eigenvalue weighted by molar-refractivity contribution is -0.148. The first kappa shape index (κ1) is 12.9. The molecule has 0 saturated heterocycles. The van der Waals surface area contributed by atoms with E-state index >= 15 is 0 Å². The number of carboxylic acid groups (broad SMARTS) is 1. The quantitative estimate of drug-likeness (QED) is 0.290. The molecule has 0 saturated carbocycles. The summed E-state index contributed by atoms with van der Waals surface area (Å²) in [7, 11) is 0. The van der Waals surface area contributed by atoms with Gasteiger partial charge in [-0.05, 0) is 12.8 Å². The van der Waals surface area contributed by atoms with Gasteiger partial charge in [-0.3, -0.25) is 15.3 Å². The zero-order valence-electron chi connectivity index (χ0n) is 7.94. The van der Waals surface area contributed by atoms with Gasteiger partial charge in [-0.1, -0.05) is 0 Å². The molecule has 82 valence electrons. The minimum atomic E-state index is -0.864. The van der Waals surface area contributed by atoms with Gasteiger partial charge < -0.3 is 15.6 Å². The van der Waals surface area contributed by atoms with E-state index in [2.05, 4.69) is 4.74 Å². The van der Waals surface area contributed by atoms with Crippen molar-refractivity contribution in [3.05, 3.63) is 0 Å². The average Bonchev–Trinajstić information content (AvgIpc) is 2.12. The van der Waals surface area contributed by atoms with Crippen molar-refractivity contribution in [2.75, 3.05) is 6.54 Å². The number of esters is 1. The molecule has 0 aliphatic carbocycles. The predicted octanol–water partition coefficient (Wildman–Crippen LogP) is -0.582. The summed E-state index contributed by atoms with van der Waals surface area (Å²) in [5.41, 5.74) is 10.4. The highest BCUT2D eigenvalue weighted by Crippen LogP contribution is 2.01. The molecule has 0 amide bonds. The van der Waals surface area contributed by atoms with Gasteiger partial charge in [0.1, 0.15) is 0 Å². The molecule has 14 heavy (non-hydrogen) atoms. The number of ether oxygens (including phenoxy) is 1. The molecule has 5 N–H and O–H groups in total. The number of aliphatic carboxylic acids is 1. The molecule has 0 aliphatic heterocycles. The second-order valence-corrected chi connectivity index (χ2v) is 2.86. The molecule has 0 aliphatic rings. The van der Waals surface area contributed by atoms with Crippen LogP contribution in [0, 0.1) is 0 Å². The molecule has 0 radical (unpaired) electrons. The van der Waals surface area contributed by atoms with Crippen molar-refractivity contribution < 1.29 is 19.4 Å². The molecule has 6 nitrogen and oxygen atoms in total. The van der Waals surface area contributed by atoms with Crippen LogP contribution >= 0.6 is 0 Å². The summed E-state index contributed by atoms with van der Waals surface area (Å²) < 4.78 is 4.67. The Morgan fingerprint density at radius 2 is 1.86 bits per heavy atom. The van der Waals surface area contributed by atoms with Crippen molar-refractivity contribution >= 4 is 11.9 Å². The number of carboxylic acids is 1. The number of carbonyl (C=O) groups excluding carboxylic acids is 1. The summed E-state index contributed by atoms with van der Waals surface area (Å²) in [4.78, 5) is 21.1. The van der Waals surface area contributed by atoms with Crippen LogP contribution in [-0.4, -0.2) is 29.8 Å². The summed E-state index contributed by atoms with van der Waals surface area (Å²) in [6, 6.07) is 0. The molecular formula is C8H16N2O4. The van der Waals surface area contributed by atoms with Gasteiger partial charge in [-0.25, -0.2) is 0 Å². The summed E-state index contributed by atoms with van der Waals surface area (Å²) in [5.74, 6) is -1.30. The van der Waals surface area contributed by atoms with Crippen LogP contribution in [0.1, 0.15) is 25.7 Å². The van der Waals surface area contributed by atoms with Crippen molar-refractivity contribution in [3.63, 3.8) is 0 Å². The van der Waals surface area contributed by atoms with Gasteiger partial charge in [-0.2, -0.15) is 0 Å². The number of hydrogen-bond acceptors (Lipinski definition) is 5. The lowest BCUT2D eigenvalue weighted by Crippen LogP contribution is -2.34. The Labute approximate surface area is 82.2 Å². The standard InChI is InChI=1S/C8H16N2O4/c9-5-6(10)14-8(13)4-2-1-3-7(11)12/h6H,1-5,9-10H2,(H,11,12). The molecule has 0 aromatic rings. The maximum atomic E-state index is 11.0. The van der Waals surface area contributed by atoms with E-state index in [4.69, 9.17) is 16.6 Å². The van der Waals surface area contributed by atoms with E-state index < -0.39 is 18.2 Å². The zero-order chi connectivity index (χ0) is 11.0. The molecule has 6 heteroatoms. The lowest BCUT2D eigenvalue weighted by atomic mass is 10.2. The van der Waals surface area contributed by atoms with Gasteiger partial charge in [0.2, 0.25) is 0 Å². The monoisotopic (exact) mass is 204 g/mol. The molecule has 0 aromatic heterocycles. The van der Waals surface area contributed by atoms with Gasteiger partial charge in [0, 0.05) is 19.4 Å². The second kappa shape index (κ2) is 7.28. The molecule has 0 spiro atoms. The molecular weight excluding hydrogens is 188 g/mol. The Hall–Kier alpha value is -1.14. The van der Waals surface area contributed by atoms with Crippen molar-refractivity contribution in [3.8, 4) is 0 Å². The van der Waals surface area contributed by atoms with E-state index in [0.717, 1.165) is 0 Å². The van der Waals surface area contributed by atoms with Crippen molar-refractivity contribution in [2.24, 2.45) is 11.5 Å². The average molecular weight is 204 g/mol. The van der Waals surface area contributed by atoms with E-state index in [0.29, 0.717) is 12.8 Å². The van der Waals surface area contributed by atoms with Crippen molar-refractivity contribution in [1.29, 1.82) is 0 Å². The number of unbranched alkanes of at least 4 members (excludes halogenated alkanes) is 1. The Morgan fingerprint density at radius 1 is 1.29 bits per heavy atom. The van der Waals surface area contributed by atoms with Gasteiger partial charge in [-0.15, -0.1) is 0 Å². The molecule has 0 aromatic carbocycles. The maximum absolute atomic E-state index is 11.0. The van der Waals surface area contributed by atoms with E-state index in [1.807, 2.05) is 0 Å². The van der Waals surface area contributed by atoms with Crippen LogP contribution in [0.3, 0.4) is 0 Å². The highest BCUT2D eigenvalue weighted by atomic mass is 16.6. The highest BCUT2D eigenvalue weighted by Gasteiger charge is 2.07. The van der Waals surface area contributed by atoms with Gasteiger partial charge in [0.25, 0.3) is 0 Å². The topological polar surface area (TPSA) is 116 Å². The smallest absolute Gasteiger partial charge is 0.307 e. The van der Waals surface area contributed by atoms with Crippen LogP contribution in [0.2, 0.25) is 0 Å². The summed E-state index contributed by atoms with van der Waals surface area (Å²) in [6.07, 6.45) is 0.434. The summed E-state index contributed by atoms with van der Waals surface area (Å²) in [5, 5.41) is 8.31. The fraction of sp³-hybridized carbons (Fsp3) is 0.750. The number of rotatable bonds is 7. The van der Waals surface area contributed by atoms with Crippen LogP contribution in [-0.2, 0) is 14.3 Å². The van der Waals surface area contributed by atoms with Gasteiger partial charge in [0.15, 0.2) is 6.23 Å². The Balaban J connectivity index is 3.40. The first-order valence-electron chi connectivity index (χ1n) is 4.43. The largest absolute Gasteiger partial charge is 0.481 e. The Kier molecular flexibility index (Phi) is 6.69. The number of carbonyl (C=O) groups is 2. The Bertz CT molecular complexity index is 196. The van der Waals surface area contributed by atoms with Crippen LogP contribution in [0.25, 0.3) is 0 Å². The summed E-state index contributed by atoms with van der Waals surface area (Å²) >= 11 is 0. The molecule has 1 atom stereocenters. The SMILES string of the molecule is NCC(N)OC(=O)CCCCC(=O)O. The fourth-order valence-electron chi connectivity index (χ4n) is 0.821. The van der Waals surface area contributed by atoms with E-state index in [-0.39, 0.29) is 19.4 Å². The first-order chi connectivity index (χ1) is 6.56. The lowest BCUT2D eigenvalue weighted by Gasteiger charge is -2.09. The highest BCUT2D eigenvalue weighted by molar-refractivity contribution is 5.70. The minimum Gasteiger partial charge on any atom is -0.481 e. The van der Waals surface area contributed by atoms with Crippen LogP contribution in [0.15, 0.2) is 0 Å². The van der Waals surface area contributed by atoms with Gasteiger partial charge in [0.05, 0.1) is 0 Å². The third-order valence-corrected chi connectivity index (χ3v) is 1.54. The predicted molar refractivity (Wildman–Crippen MR) is 49.2 cm³/mol. The number of nitrogens with two attached hydrogens (primary N) is 2. The summed E-state index contributed by atoms with van der Waals surface area (Å²) in [6.45, 7) is 0.0842. The van der Waals surface area contributed by atoms with E-state index in [1.54, 1.807) is 0 Å². The van der Waals surface area contributed by atoms with Crippen LogP contribution < -0.4 is 11.5 Å². The number of hydrogen-bond donors (Lipinski definition) is 3. The molecule has 0 heterocycles. The maximum Gasteiger partial charge on any atom is 0.307 e. The second-order valence-electron chi connectivity index (χ2n) is 2.86. The fourth-order valence-corrected chi connectivity index (χ4v) is 0.821. The van der Waals surface area contributed by atoms with E-state index in [1.165, 1.54) is 0 Å². The van der Waals surface area contributed by atoms with Crippen molar-refractivity contribution in [1.82, 2.24) is 0 Å². The molecule has 0 rings (SSSR count). The third-order valence-electron chi connectivity index (χ3n) is 1.54. The zero-order valence-corrected chi connectivity index (χ0v) is 7.94. The minimum absolute atomic E-state index is 0.0657. The molecule has 0 fully saturated rings. The molecule has 1 unspecified atom stereocenters. The van der Waals surface area contributed by atoms with Crippen molar-refractivity contribution in [2.45, 2.75) is 31.9 Å². The normalized spacial score (nSPS) is 12.1. The Morgan fingerprint density at radius 3 is 2.36 bits per heavy atom. The third kappa shape index (κ3) is 7.51.